The van der Waals surface area contributed by atoms with Gasteiger partial charge in [-0.25, -0.2) is 9.97 Å². The Labute approximate surface area is 175 Å². The number of anilines is 1. The van der Waals surface area contributed by atoms with E-state index in [2.05, 4.69) is 62.6 Å². The maximum atomic E-state index is 5.51. The molecule has 152 valence electrons. The lowest BCUT2D eigenvalue weighted by molar-refractivity contribution is 0.355. The second-order valence-corrected chi connectivity index (χ2v) is 7.44. The molecule has 1 aliphatic heterocycles. The number of fused-ring (bicyclic) bond motifs is 2. The molecule has 1 N–H and O–H groups in total. The molecule has 0 radical (unpaired) electrons. The van der Waals surface area contributed by atoms with E-state index in [0.717, 1.165) is 36.4 Å². The van der Waals surface area contributed by atoms with Crippen LogP contribution >= 0.6 is 0 Å². The van der Waals surface area contributed by atoms with Crippen LogP contribution in [-0.4, -0.2) is 43.8 Å². The summed E-state index contributed by atoms with van der Waals surface area (Å²) in [6, 6.07) is 19.2. The Bertz CT molecular complexity index is 1210. The molecule has 0 bridgehead atoms. The minimum absolute atomic E-state index is 0.218. The van der Waals surface area contributed by atoms with Gasteiger partial charge in [-0.05, 0) is 22.4 Å². The van der Waals surface area contributed by atoms with E-state index in [1.165, 1.54) is 16.3 Å². The lowest BCUT2D eigenvalue weighted by Crippen LogP contribution is -2.46. The largest absolute Gasteiger partial charge is 0.493 e. The molecular formula is C24H24N4O2. The minimum Gasteiger partial charge on any atom is -0.493 e. The summed E-state index contributed by atoms with van der Waals surface area (Å²) in [5.41, 5.74) is 2.16. The molecule has 0 spiro atoms. The van der Waals surface area contributed by atoms with Gasteiger partial charge >= 0.3 is 0 Å². The van der Waals surface area contributed by atoms with Gasteiger partial charge in [-0.2, -0.15) is 0 Å². The molecule has 5 rings (SSSR count). The highest BCUT2D eigenvalue weighted by Crippen LogP contribution is 2.36. The molecule has 0 saturated carbocycles. The van der Waals surface area contributed by atoms with Crippen LogP contribution < -0.4 is 19.7 Å². The molecule has 1 fully saturated rings. The van der Waals surface area contributed by atoms with Crippen LogP contribution in [0.4, 0.5) is 5.82 Å². The average molecular weight is 400 g/mol. The van der Waals surface area contributed by atoms with Gasteiger partial charge in [0.25, 0.3) is 0 Å². The third-order valence-electron chi connectivity index (χ3n) is 5.79. The zero-order valence-electron chi connectivity index (χ0n) is 17.1. The van der Waals surface area contributed by atoms with E-state index in [0.29, 0.717) is 11.5 Å². The van der Waals surface area contributed by atoms with Crippen molar-refractivity contribution < 1.29 is 9.47 Å². The molecule has 0 aliphatic carbocycles. The standard InChI is InChI=1S/C24H24N4O2/c1-29-22-12-19-20(13-23(22)30-2)26-15-27-24(19)28-11-10-25-21(14-28)18-9-5-7-16-6-3-4-8-17(16)18/h3-9,12-13,15,21,25H,10-11,14H2,1-2H3. The Balaban J connectivity index is 1.54. The number of nitrogens with one attached hydrogen (secondary N) is 1. The molecule has 1 saturated heterocycles. The highest BCUT2D eigenvalue weighted by molar-refractivity contribution is 5.92. The summed E-state index contributed by atoms with van der Waals surface area (Å²) in [4.78, 5) is 11.4. The first-order chi connectivity index (χ1) is 14.8. The number of piperazine rings is 1. The van der Waals surface area contributed by atoms with Gasteiger partial charge in [0.1, 0.15) is 12.1 Å². The predicted molar refractivity (Wildman–Crippen MR) is 120 cm³/mol. The lowest BCUT2D eigenvalue weighted by atomic mass is 9.97. The number of methoxy groups -OCH3 is 2. The molecule has 1 atom stereocenters. The van der Waals surface area contributed by atoms with Gasteiger partial charge < -0.3 is 19.7 Å². The Morgan fingerprint density at radius 1 is 0.933 bits per heavy atom. The second-order valence-electron chi connectivity index (χ2n) is 7.44. The van der Waals surface area contributed by atoms with Crippen molar-refractivity contribution >= 4 is 27.5 Å². The number of hydrogen-bond donors (Lipinski definition) is 1. The summed E-state index contributed by atoms with van der Waals surface area (Å²) in [5.74, 6) is 2.28. The van der Waals surface area contributed by atoms with E-state index >= 15 is 0 Å². The molecule has 2 heterocycles. The van der Waals surface area contributed by atoms with E-state index < -0.39 is 0 Å². The smallest absolute Gasteiger partial charge is 0.162 e. The first-order valence-electron chi connectivity index (χ1n) is 10.1. The number of rotatable bonds is 4. The number of ether oxygens (including phenoxy) is 2. The molecule has 6 nitrogen and oxygen atoms in total. The van der Waals surface area contributed by atoms with E-state index in [1.54, 1.807) is 20.5 Å². The summed E-state index contributed by atoms with van der Waals surface area (Å²) in [6.07, 6.45) is 1.62. The van der Waals surface area contributed by atoms with Gasteiger partial charge in [-0.1, -0.05) is 42.5 Å². The van der Waals surface area contributed by atoms with Crippen LogP contribution in [0.3, 0.4) is 0 Å². The number of benzene rings is 3. The quantitative estimate of drug-likeness (QED) is 0.560. The van der Waals surface area contributed by atoms with Crippen molar-refractivity contribution in [3.8, 4) is 11.5 Å². The van der Waals surface area contributed by atoms with E-state index in [1.807, 2.05) is 12.1 Å². The SMILES string of the molecule is COc1cc2ncnc(N3CCNC(c4cccc5ccccc45)C3)c2cc1OC. The first kappa shape index (κ1) is 18.6. The normalized spacial score (nSPS) is 16.7. The van der Waals surface area contributed by atoms with Gasteiger partial charge in [0.05, 0.1) is 25.8 Å². The zero-order valence-corrected chi connectivity index (χ0v) is 17.1. The molecule has 3 aromatic carbocycles. The average Bonchev–Trinajstić information content (AvgIpc) is 2.82. The van der Waals surface area contributed by atoms with Crippen LogP contribution in [0, 0.1) is 0 Å². The summed E-state index contributed by atoms with van der Waals surface area (Å²) in [5, 5.41) is 7.21. The van der Waals surface area contributed by atoms with Gasteiger partial charge in [0.2, 0.25) is 0 Å². The Kier molecular flexibility index (Phi) is 4.85. The molecule has 30 heavy (non-hydrogen) atoms. The predicted octanol–water partition coefficient (Wildman–Crippen LogP) is 3.95. The topological polar surface area (TPSA) is 59.5 Å². The molecule has 6 heteroatoms. The van der Waals surface area contributed by atoms with Gasteiger partial charge in [0.15, 0.2) is 11.5 Å². The third kappa shape index (κ3) is 3.19. The molecular weight excluding hydrogens is 376 g/mol. The van der Waals surface area contributed by atoms with E-state index in [9.17, 15) is 0 Å². The molecule has 1 aromatic heterocycles. The minimum atomic E-state index is 0.218. The van der Waals surface area contributed by atoms with Gasteiger partial charge in [-0.3, -0.25) is 0 Å². The molecule has 4 aromatic rings. The maximum absolute atomic E-state index is 5.51. The lowest BCUT2D eigenvalue weighted by Gasteiger charge is -2.35. The van der Waals surface area contributed by atoms with Crippen molar-refractivity contribution in [3.63, 3.8) is 0 Å². The monoisotopic (exact) mass is 400 g/mol. The number of aromatic nitrogens is 2. The molecule has 0 amide bonds. The van der Waals surface area contributed by atoms with Crippen LogP contribution in [0.5, 0.6) is 11.5 Å². The fraction of sp³-hybridized carbons (Fsp3) is 0.250. The van der Waals surface area contributed by atoms with Crippen molar-refractivity contribution in [2.24, 2.45) is 0 Å². The van der Waals surface area contributed by atoms with Crippen LogP contribution in [0.25, 0.3) is 21.7 Å². The second kappa shape index (κ2) is 7.80. The van der Waals surface area contributed by atoms with Crippen LogP contribution in [0.15, 0.2) is 60.9 Å². The first-order valence-corrected chi connectivity index (χ1v) is 10.1. The highest BCUT2D eigenvalue weighted by atomic mass is 16.5. The van der Waals surface area contributed by atoms with Gasteiger partial charge in [0, 0.05) is 31.1 Å². The van der Waals surface area contributed by atoms with Crippen molar-refractivity contribution in [3.05, 3.63) is 66.5 Å². The summed E-state index contributed by atoms with van der Waals surface area (Å²) < 4.78 is 11.0. The zero-order chi connectivity index (χ0) is 20.5. The summed E-state index contributed by atoms with van der Waals surface area (Å²) in [6.45, 7) is 2.59. The van der Waals surface area contributed by atoms with Crippen molar-refractivity contribution in [1.29, 1.82) is 0 Å². The van der Waals surface area contributed by atoms with Crippen molar-refractivity contribution in [2.45, 2.75) is 6.04 Å². The molecule has 1 aliphatic rings. The van der Waals surface area contributed by atoms with Crippen molar-refractivity contribution in [1.82, 2.24) is 15.3 Å². The van der Waals surface area contributed by atoms with Crippen LogP contribution in [0.2, 0.25) is 0 Å². The van der Waals surface area contributed by atoms with Crippen LogP contribution in [0.1, 0.15) is 11.6 Å². The highest BCUT2D eigenvalue weighted by Gasteiger charge is 2.25. The molecule has 1 unspecified atom stereocenters. The Morgan fingerprint density at radius 2 is 1.73 bits per heavy atom. The fourth-order valence-electron chi connectivity index (χ4n) is 4.33. The van der Waals surface area contributed by atoms with Gasteiger partial charge in [-0.15, -0.1) is 0 Å². The van der Waals surface area contributed by atoms with E-state index in [4.69, 9.17) is 9.47 Å². The number of nitrogens with zero attached hydrogens (tertiary/aromatic N) is 3. The Hall–Kier alpha value is -3.38. The van der Waals surface area contributed by atoms with Crippen LogP contribution in [-0.2, 0) is 0 Å². The maximum Gasteiger partial charge on any atom is 0.162 e. The summed E-state index contributed by atoms with van der Waals surface area (Å²) >= 11 is 0. The Morgan fingerprint density at radius 3 is 2.60 bits per heavy atom. The fourth-order valence-corrected chi connectivity index (χ4v) is 4.33. The van der Waals surface area contributed by atoms with E-state index in [-0.39, 0.29) is 6.04 Å². The summed E-state index contributed by atoms with van der Waals surface area (Å²) in [7, 11) is 3.28. The third-order valence-corrected chi connectivity index (χ3v) is 5.79. The number of hydrogen-bond acceptors (Lipinski definition) is 6. The van der Waals surface area contributed by atoms with Crippen molar-refractivity contribution in [2.75, 3.05) is 38.8 Å².